The third kappa shape index (κ3) is 5.20. The predicted octanol–water partition coefficient (Wildman–Crippen LogP) is 4.82. The molecule has 0 saturated carbocycles. The summed E-state index contributed by atoms with van der Waals surface area (Å²) in [6.07, 6.45) is 2.53. The molecule has 12 nitrogen and oxygen atoms in total. The summed E-state index contributed by atoms with van der Waals surface area (Å²) >= 11 is 5.66. The van der Waals surface area contributed by atoms with Gasteiger partial charge in [-0.3, -0.25) is 9.13 Å². The van der Waals surface area contributed by atoms with Crippen LogP contribution in [-0.4, -0.2) is 76.3 Å². The molecule has 0 radical (unpaired) electrons. The van der Waals surface area contributed by atoms with Gasteiger partial charge in [-0.15, -0.1) is 0 Å². The molecule has 2 fully saturated rings. The maximum Gasteiger partial charge on any atom is 0.335 e. The van der Waals surface area contributed by atoms with Crippen LogP contribution < -0.4 is 5.73 Å². The van der Waals surface area contributed by atoms with Crippen LogP contribution in [0.15, 0.2) is 25.0 Å². The van der Waals surface area contributed by atoms with Gasteiger partial charge in [0.05, 0.1) is 12.9 Å². The van der Waals surface area contributed by atoms with Crippen LogP contribution in [-0.2, 0) is 22.4 Å². The molecule has 4 atom stereocenters. The van der Waals surface area contributed by atoms with Gasteiger partial charge in [0.25, 0.3) is 5.17 Å². The van der Waals surface area contributed by atoms with Crippen molar-refractivity contribution in [2.45, 2.75) is 102 Å². The van der Waals surface area contributed by atoms with Crippen LogP contribution in [0, 0.1) is 6.08 Å². The lowest BCUT2D eigenvalue weighted by Gasteiger charge is -2.51. The topological polar surface area (TPSA) is 134 Å². The summed E-state index contributed by atoms with van der Waals surface area (Å²) in [5.74, 6) is -0.0738. The average Bonchev–Trinajstić information content (AvgIpc) is 3.64. The number of rotatable bonds is 6. The largest absolute Gasteiger partial charge is 0.459 e. The fourth-order valence-electron chi connectivity index (χ4n) is 6.11. The van der Waals surface area contributed by atoms with Crippen LogP contribution in [0.3, 0.4) is 0 Å². The van der Waals surface area contributed by atoms with Gasteiger partial charge in [0.2, 0.25) is 0 Å². The lowest BCUT2D eigenvalue weighted by molar-refractivity contribution is -0.0565. The van der Waals surface area contributed by atoms with E-state index in [1.54, 1.807) is 27.9 Å². The number of halogens is 1. The number of nitrogens with two attached hydrogens (primary N) is 1. The third-order valence-electron chi connectivity index (χ3n) is 8.26. The molecule has 0 bridgehead atoms. The molecular formula is C26H40FN7O5SSi2. The molecule has 2 saturated heterocycles. The molecular weight excluding hydrogens is 598 g/mol. The predicted molar refractivity (Wildman–Crippen MR) is 163 cm³/mol. The van der Waals surface area contributed by atoms with E-state index in [1.165, 1.54) is 6.33 Å². The highest BCUT2D eigenvalue weighted by Crippen LogP contribution is 2.49. The van der Waals surface area contributed by atoms with Crippen molar-refractivity contribution in [1.82, 2.24) is 29.1 Å². The van der Waals surface area contributed by atoms with Gasteiger partial charge in [-0.2, -0.15) is 14.4 Å². The van der Waals surface area contributed by atoms with E-state index in [0.717, 1.165) is 0 Å². The quantitative estimate of drug-likeness (QED) is 0.227. The molecule has 230 valence electrons. The van der Waals surface area contributed by atoms with Crippen LogP contribution in [0.5, 0.6) is 0 Å². The number of nitrogens with zero attached hydrogens (tertiary/aromatic N) is 6. The summed E-state index contributed by atoms with van der Waals surface area (Å²) in [6, 6.07) is 0. The molecule has 16 heteroatoms. The second kappa shape index (κ2) is 11.6. The zero-order chi connectivity index (χ0) is 30.6. The Morgan fingerprint density at radius 1 is 1.05 bits per heavy atom. The fourth-order valence-corrected chi connectivity index (χ4v) is 17.5. The molecule has 2 N–H and O–H groups in total. The fraction of sp³-hybridized carbons (Fsp3) is 0.654. The Hall–Kier alpha value is -2.35. The maximum atomic E-state index is 14.4. The van der Waals surface area contributed by atoms with Crippen molar-refractivity contribution in [3.8, 4) is 0 Å². The van der Waals surface area contributed by atoms with Crippen molar-refractivity contribution >= 4 is 51.5 Å². The van der Waals surface area contributed by atoms with Gasteiger partial charge in [0.15, 0.2) is 29.3 Å². The molecule has 5 heterocycles. The van der Waals surface area contributed by atoms with E-state index in [4.69, 9.17) is 40.4 Å². The van der Waals surface area contributed by atoms with Crippen LogP contribution in [0.25, 0.3) is 11.2 Å². The summed E-state index contributed by atoms with van der Waals surface area (Å²) in [4.78, 5) is 16.1. The lowest BCUT2D eigenvalue weighted by Crippen LogP contribution is -2.66. The van der Waals surface area contributed by atoms with Crippen molar-refractivity contribution < 1.29 is 26.8 Å². The van der Waals surface area contributed by atoms with Crippen LogP contribution >= 0.6 is 12.2 Å². The molecule has 0 unspecified atom stereocenters. The summed E-state index contributed by atoms with van der Waals surface area (Å²) in [6.45, 7) is 17.5. The van der Waals surface area contributed by atoms with E-state index >= 15 is 0 Å². The van der Waals surface area contributed by atoms with Gasteiger partial charge < -0.3 is 28.2 Å². The summed E-state index contributed by atoms with van der Waals surface area (Å²) in [5.41, 5.74) is 6.89. The van der Waals surface area contributed by atoms with Crippen molar-refractivity contribution in [2.24, 2.45) is 0 Å². The molecule has 2 aliphatic rings. The third-order valence-corrected chi connectivity index (χ3v) is 18.8. The summed E-state index contributed by atoms with van der Waals surface area (Å²) < 4.78 is 52.2. The monoisotopic (exact) mass is 637 g/mol. The van der Waals surface area contributed by atoms with Crippen LogP contribution in [0.4, 0.5) is 10.2 Å². The van der Waals surface area contributed by atoms with Crippen molar-refractivity contribution in [1.29, 1.82) is 0 Å². The lowest BCUT2D eigenvalue weighted by atomic mass is 10.1. The number of hydrogen-bond donors (Lipinski definition) is 1. The number of nitrogen functional groups attached to an aromatic ring is 1. The first-order chi connectivity index (χ1) is 19.8. The molecule has 3 aromatic heterocycles. The number of thiocarbonyl (C=S) groups is 1. The highest BCUT2D eigenvalue weighted by Gasteiger charge is 2.62. The first-order valence-electron chi connectivity index (χ1n) is 14.3. The second-order valence-electron chi connectivity index (χ2n) is 12.1. The summed E-state index contributed by atoms with van der Waals surface area (Å²) in [7, 11) is -5.84. The Morgan fingerprint density at radius 2 is 1.71 bits per heavy atom. The van der Waals surface area contributed by atoms with Crippen molar-refractivity contribution in [3.05, 3.63) is 31.1 Å². The molecule has 3 aromatic rings. The van der Waals surface area contributed by atoms with Gasteiger partial charge in [0, 0.05) is 12.4 Å². The van der Waals surface area contributed by atoms with Gasteiger partial charge in [-0.25, -0.2) is 9.97 Å². The van der Waals surface area contributed by atoms with E-state index in [2.05, 4.69) is 75.3 Å². The molecule has 0 aliphatic carbocycles. The molecule has 5 rings (SSSR count). The zero-order valence-electron chi connectivity index (χ0n) is 25.2. The number of imidazole rings is 2. The summed E-state index contributed by atoms with van der Waals surface area (Å²) in [5, 5.41) is 0.151. The number of aromatic nitrogens is 6. The van der Waals surface area contributed by atoms with Crippen molar-refractivity contribution in [2.75, 3.05) is 12.3 Å². The Bertz CT molecular complexity index is 1410. The molecule has 2 aliphatic heterocycles. The first-order valence-corrected chi connectivity index (χ1v) is 18.7. The number of ether oxygens (including phenoxy) is 2. The van der Waals surface area contributed by atoms with E-state index in [0.29, 0.717) is 0 Å². The molecule has 0 spiro atoms. The highest BCUT2D eigenvalue weighted by molar-refractivity contribution is 7.80. The molecule has 42 heavy (non-hydrogen) atoms. The Labute approximate surface area is 252 Å². The SMILES string of the molecule is CC(C)[Si]1(C(C)C)OC[C@H]2O[C@@H](n3cnc4c(N)nc(F)nc43)[C@H](OC(=S)n3ccnc3)[C@@H]2O[Si](C(C)C)(C(C)C)O1. The standard InChI is InChI=1S/C26H40FN7O5SSi2/c1-14(2)41(15(3)4)35-11-18-20(38-42(39-41,16(5)6)17(7)8)21(37-26(40)33-10-9-29-12-33)24(36-18)34-13-30-19-22(28)31-25(27)32-23(19)34/h9-10,12-18,20-21,24H,11H2,1-8H3,(H2,28,31,32)/t18-,20-,21-,24-/m1/s1. The number of anilines is 1. The number of fused-ring (bicyclic) bond motifs is 2. The Balaban J connectivity index is 1.65. The minimum Gasteiger partial charge on any atom is -0.459 e. The van der Waals surface area contributed by atoms with E-state index in [1.807, 2.05) is 0 Å². The first kappa shape index (κ1) is 31.1. The van der Waals surface area contributed by atoms with Gasteiger partial charge >= 0.3 is 23.2 Å². The Morgan fingerprint density at radius 3 is 2.31 bits per heavy atom. The van der Waals surface area contributed by atoms with Gasteiger partial charge in [0.1, 0.15) is 18.5 Å². The van der Waals surface area contributed by atoms with Crippen LogP contribution in [0.1, 0.15) is 61.6 Å². The van der Waals surface area contributed by atoms with Crippen molar-refractivity contribution in [3.63, 3.8) is 0 Å². The van der Waals surface area contributed by atoms with E-state index in [-0.39, 0.29) is 50.9 Å². The van der Waals surface area contributed by atoms with Gasteiger partial charge in [-0.1, -0.05) is 55.4 Å². The zero-order valence-corrected chi connectivity index (χ0v) is 28.0. The minimum atomic E-state index is -3.03. The van der Waals surface area contributed by atoms with Crippen LogP contribution in [0.2, 0.25) is 22.2 Å². The second-order valence-corrected chi connectivity index (χ2v) is 21.3. The van der Waals surface area contributed by atoms with E-state index in [9.17, 15) is 4.39 Å². The molecule has 0 amide bonds. The Kier molecular flexibility index (Phi) is 8.61. The highest BCUT2D eigenvalue weighted by atomic mass is 32.1. The average molecular weight is 638 g/mol. The number of hydrogen-bond acceptors (Lipinski definition) is 11. The van der Waals surface area contributed by atoms with E-state index < -0.39 is 47.7 Å². The molecule has 0 aromatic carbocycles. The minimum absolute atomic E-state index is 0.0738. The maximum absolute atomic E-state index is 14.4. The van der Waals surface area contributed by atoms with Gasteiger partial charge in [-0.05, 0) is 34.4 Å². The normalized spacial score (nSPS) is 25.7. The smallest absolute Gasteiger partial charge is 0.335 e.